The first-order chi connectivity index (χ1) is 8.99. The van der Waals surface area contributed by atoms with E-state index in [4.69, 9.17) is 0 Å². The second-order valence-corrected chi connectivity index (χ2v) is 7.29. The number of rotatable bonds is 5. The monoisotopic (exact) mass is 279 g/mol. The van der Waals surface area contributed by atoms with E-state index in [9.17, 15) is 5.11 Å². The molecule has 3 heteroatoms. The number of fused-ring (bicyclic) bond motifs is 1. The van der Waals surface area contributed by atoms with Crippen molar-refractivity contribution in [2.24, 2.45) is 5.41 Å². The van der Waals surface area contributed by atoms with E-state index in [2.05, 4.69) is 56.6 Å². The van der Waals surface area contributed by atoms with E-state index in [1.807, 2.05) is 0 Å². The standard InChI is InChI=1S/C16H25NOS/c1-11(14(10-18)19-4)17-15-13-8-6-5-7-12(13)9-16(15,2)3/h5-8,11,14-15,17-18H,9-10H2,1-4H3. The molecule has 1 aliphatic carbocycles. The van der Waals surface area contributed by atoms with Gasteiger partial charge in [0, 0.05) is 17.3 Å². The van der Waals surface area contributed by atoms with Crippen LogP contribution in [0.5, 0.6) is 0 Å². The third-order valence-corrected chi connectivity index (χ3v) is 5.43. The fourth-order valence-electron chi connectivity index (χ4n) is 3.11. The zero-order chi connectivity index (χ0) is 14.0. The second-order valence-electron chi connectivity index (χ2n) is 6.21. The Kier molecular flexibility index (Phi) is 4.59. The van der Waals surface area contributed by atoms with Gasteiger partial charge in [0.05, 0.1) is 6.61 Å². The Hall–Kier alpha value is -0.510. The summed E-state index contributed by atoms with van der Waals surface area (Å²) in [6.07, 6.45) is 3.18. The molecule has 2 N–H and O–H groups in total. The van der Waals surface area contributed by atoms with E-state index >= 15 is 0 Å². The van der Waals surface area contributed by atoms with E-state index < -0.39 is 0 Å². The first kappa shape index (κ1) is 14.9. The van der Waals surface area contributed by atoms with Crippen LogP contribution in [0.15, 0.2) is 24.3 Å². The lowest BCUT2D eigenvalue weighted by atomic mass is 9.85. The number of hydrogen-bond acceptors (Lipinski definition) is 3. The fourth-order valence-corrected chi connectivity index (χ4v) is 3.75. The van der Waals surface area contributed by atoms with Gasteiger partial charge in [0.15, 0.2) is 0 Å². The molecule has 0 aliphatic heterocycles. The minimum atomic E-state index is 0.226. The summed E-state index contributed by atoms with van der Waals surface area (Å²) in [7, 11) is 0. The van der Waals surface area contributed by atoms with Crippen LogP contribution in [-0.4, -0.2) is 29.3 Å². The highest BCUT2D eigenvalue weighted by molar-refractivity contribution is 7.99. The normalized spacial score (nSPS) is 23.9. The van der Waals surface area contributed by atoms with Crippen molar-refractivity contribution in [3.8, 4) is 0 Å². The zero-order valence-corrected chi connectivity index (χ0v) is 13.1. The van der Waals surface area contributed by atoms with Crippen LogP contribution in [0.1, 0.15) is 37.9 Å². The summed E-state index contributed by atoms with van der Waals surface area (Å²) < 4.78 is 0. The van der Waals surface area contributed by atoms with Gasteiger partial charge in [-0.2, -0.15) is 11.8 Å². The highest BCUT2D eigenvalue weighted by Gasteiger charge is 2.39. The van der Waals surface area contributed by atoms with Crippen molar-refractivity contribution >= 4 is 11.8 Å². The maximum atomic E-state index is 9.43. The molecular formula is C16H25NOS. The summed E-state index contributed by atoms with van der Waals surface area (Å²) >= 11 is 1.73. The summed E-state index contributed by atoms with van der Waals surface area (Å²) in [6, 6.07) is 9.40. The van der Waals surface area contributed by atoms with Gasteiger partial charge in [-0.1, -0.05) is 38.1 Å². The lowest BCUT2D eigenvalue weighted by Crippen LogP contribution is -2.43. The molecule has 0 aromatic heterocycles. The predicted molar refractivity (Wildman–Crippen MR) is 83.7 cm³/mol. The van der Waals surface area contributed by atoms with Crippen molar-refractivity contribution in [2.45, 2.75) is 44.5 Å². The third-order valence-electron chi connectivity index (χ3n) is 4.26. The van der Waals surface area contributed by atoms with Crippen molar-refractivity contribution in [2.75, 3.05) is 12.9 Å². The number of hydrogen-bond donors (Lipinski definition) is 2. The van der Waals surface area contributed by atoms with Gasteiger partial charge in [-0.05, 0) is 36.1 Å². The minimum absolute atomic E-state index is 0.226. The molecule has 1 aromatic rings. The Morgan fingerprint density at radius 1 is 1.42 bits per heavy atom. The first-order valence-electron chi connectivity index (χ1n) is 6.97. The minimum Gasteiger partial charge on any atom is -0.395 e. The summed E-state index contributed by atoms with van der Waals surface area (Å²) in [5, 5.41) is 13.4. The first-order valence-corrected chi connectivity index (χ1v) is 8.26. The van der Waals surface area contributed by atoms with Gasteiger partial charge in [0.25, 0.3) is 0 Å². The second kappa shape index (κ2) is 5.86. The average molecular weight is 279 g/mol. The fraction of sp³-hybridized carbons (Fsp3) is 0.625. The summed E-state index contributed by atoms with van der Waals surface area (Å²) in [4.78, 5) is 0. The molecule has 2 rings (SSSR count). The van der Waals surface area contributed by atoms with Crippen LogP contribution >= 0.6 is 11.8 Å². The summed E-state index contributed by atoms with van der Waals surface area (Å²) in [5.74, 6) is 0. The molecule has 0 radical (unpaired) electrons. The largest absolute Gasteiger partial charge is 0.395 e. The van der Waals surface area contributed by atoms with Gasteiger partial charge in [-0.25, -0.2) is 0 Å². The number of aliphatic hydroxyl groups is 1. The molecule has 0 spiro atoms. The maximum Gasteiger partial charge on any atom is 0.0564 e. The summed E-state index contributed by atoms with van der Waals surface area (Å²) in [5.41, 5.74) is 3.12. The van der Waals surface area contributed by atoms with Crippen molar-refractivity contribution in [1.82, 2.24) is 5.32 Å². The third kappa shape index (κ3) is 2.99. The molecule has 3 atom stereocenters. The molecule has 1 aromatic carbocycles. The van der Waals surface area contributed by atoms with E-state index in [0.29, 0.717) is 12.1 Å². The van der Waals surface area contributed by atoms with Crippen LogP contribution < -0.4 is 5.32 Å². The summed E-state index contributed by atoms with van der Waals surface area (Å²) in [6.45, 7) is 7.05. The quantitative estimate of drug-likeness (QED) is 0.869. The van der Waals surface area contributed by atoms with Gasteiger partial charge in [0.1, 0.15) is 0 Å². The Morgan fingerprint density at radius 2 is 2.11 bits per heavy atom. The van der Waals surface area contributed by atoms with Crippen LogP contribution in [-0.2, 0) is 6.42 Å². The molecular weight excluding hydrogens is 254 g/mol. The zero-order valence-electron chi connectivity index (χ0n) is 12.3. The van der Waals surface area contributed by atoms with Crippen molar-refractivity contribution in [3.63, 3.8) is 0 Å². The maximum absolute atomic E-state index is 9.43. The van der Waals surface area contributed by atoms with E-state index in [-0.39, 0.29) is 17.3 Å². The van der Waals surface area contributed by atoms with Crippen LogP contribution in [0.3, 0.4) is 0 Å². The molecule has 3 unspecified atom stereocenters. The molecule has 0 heterocycles. The number of benzene rings is 1. The Morgan fingerprint density at radius 3 is 2.74 bits per heavy atom. The van der Waals surface area contributed by atoms with E-state index in [1.165, 1.54) is 11.1 Å². The van der Waals surface area contributed by atoms with Gasteiger partial charge < -0.3 is 10.4 Å². The Labute approximate surface area is 121 Å². The van der Waals surface area contributed by atoms with Crippen LogP contribution in [0, 0.1) is 5.41 Å². The topological polar surface area (TPSA) is 32.3 Å². The number of thioether (sulfide) groups is 1. The van der Waals surface area contributed by atoms with Crippen LogP contribution in [0.4, 0.5) is 0 Å². The number of aliphatic hydroxyl groups excluding tert-OH is 1. The van der Waals surface area contributed by atoms with E-state index in [1.54, 1.807) is 11.8 Å². The molecule has 0 amide bonds. The van der Waals surface area contributed by atoms with Gasteiger partial charge in [-0.15, -0.1) is 0 Å². The molecule has 0 bridgehead atoms. The van der Waals surface area contributed by atoms with Crippen LogP contribution in [0.25, 0.3) is 0 Å². The van der Waals surface area contributed by atoms with Crippen molar-refractivity contribution in [1.29, 1.82) is 0 Å². The van der Waals surface area contributed by atoms with Gasteiger partial charge in [-0.3, -0.25) is 0 Å². The molecule has 19 heavy (non-hydrogen) atoms. The molecule has 0 saturated heterocycles. The molecule has 2 nitrogen and oxygen atoms in total. The number of nitrogens with one attached hydrogen (secondary N) is 1. The van der Waals surface area contributed by atoms with E-state index in [0.717, 1.165) is 6.42 Å². The smallest absolute Gasteiger partial charge is 0.0564 e. The lowest BCUT2D eigenvalue weighted by molar-refractivity contribution is 0.226. The molecule has 106 valence electrons. The van der Waals surface area contributed by atoms with Crippen molar-refractivity contribution < 1.29 is 5.11 Å². The average Bonchev–Trinajstić information content (AvgIpc) is 2.62. The van der Waals surface area contributed by atoms with Gasteiger partial charge >= 0.3 is 0 Å². The predicted octanol–water partition coefficient (Wildman–Crippen LogP) is 3.01. The highest BCUT2D eigenvalue weighted by atomic mass is 32.2. The highest BCUT2D eigenvalue weighted by Crippen LogP contribution is 2.45. The molecule has 1 aliphatic rings. The molecule has 0 saturated carbocycles. The van der Waals surface area contributed by atoms with Gasteiger partial charge in [0.2, 0.25) is 0 Å². The van der Waals surface area contributed by atoms with Crippen molar-refractivity contribution in [3.05, 3.63) is 35.4 Å². The Balaban J connectivity index is 2.19. The SMILES string of the molecule is CSC(CO)C(C)NC1c2ccccc2CC1(C)C. The lowest BCUT2D eigenvalue weighted by Gasteiger charge is -2.33. The molecule has 0 fully saturated rings. The Bertz CT molecular complexity index is 429. The van der Waals surface area contributed by atoms with Crippen LogP contribution in [0.2, 0.25) is 0 Å².